The van der Waals surface area contributed by atoms with Crippen LogP contribution in [0, 0.1) is 6.92 Å². The molecule has 3 rings (SSSR count). The number of rotatable bonds is 6. The Hall–Kier alpha value is -2.70. The summed E-state index contributed by atoms with van der Waals surface area (Å²) in [6, 6.07) is 15.9. The predicted molar refractivity (Wildman–Crippen MR) is 108 cm³/mol. The van der Waals surface area contributed by atoms with E-state index < -0.39 is 11.9 Å². The van der Waals surface area contributed by atoms with Crippen molar-refractivity contribution in [2.45, 2.75) is 19.4 Å². The number of halogens is 1. The molecule has 7 heteroatoms. The lowest BCUT2D eigenvalue weighted by Gasteiger charge is -2.15. The molecule has 0 radical (unpaired) electrons. The zero-order valence-electron chi connectivity index (χ0n) is 14.6. The predicted octanol–water partition coefficient (Wildman–Crippen LogP) is 3.60. The van der Waals surface area contributed by atoms with Gasteiger partial charge in [-0.2, -0.15) is 0 Å². The zero-order valence-corrected chi connectivity index (χ0v) is 16.2. The van der Waals surface area contributed by atoms with E-state index in [1.165, 1.54) is 11.3 Å². The number of amides is 2. The number of nitrogens with two attached hydrogens (primary N) is 1. The third-order valence-electron chi connectivity index (χ3n) is 4.03. The second-order valence-electron chi connectivity index (χ2n) is 6.06. The van der Waals surface area contributed by atoms with Crippen LogP contribution in [0.1, 0.15) is 20.9 Å². The van der Waals surface area contributed by atoms with Crippen LogP contribution in [0.4, 0.5) is 0 Å². The number of carbonyl (C=O) groups excluding carboxylic acids is 2. The van der Waals surface area contributed by atoms with Crippen molar-refractivity contribution in [2.24, 2.45) is 5.73 Å². The van der Waals surface area contributed by atoms with Crippen LogP contribution in [-0.4, -0.2) is 22.8 Å². The summed E-state index contributed by atoms with van der Waals surface area (Å²) < 4.78 is 0. The third-order valence-corrected chi connectivity index (χ3v) is 5.48. The van der Waals surface area contributed by atoms with E-state index in [2.05, 4.69) is 10.3 Å². The topological polar surface area (TPSA) is 85.1 Å². The summed E-state index contributed by atoms with van der Waals surface area (Å²) in [4.78, 5) is 29.4. The molecule has 0 aliphatic carbocycles. The van der Waals surface area contributed by atoms with E-state index in [-0.39, 0.29) is 5.91 Å². The highest BCUT2D eigenvalue weighted by molar-refractivity contribution is 7.17. The Morgan fingerprint density at radius 2 is 1.81 bits per heavy atom. The van der Waals surface area contributed by atoms with E-state index in [4.69, 9.17) is 17.3 Å². The molecule has 0 spiro atoms. The maximum Gasteiger partial charge on any atom is 0.263 e. The van der Waals surface area contributed by atoms with Gasteiger partial charge in [0.15, 0.2) is 0 Å². The number of primary amides is 1. The monoisotopic (exact) mass is 399 g/mol. The molecule has 3 N–H and O–H groups in total. The van der Waals surface area contributed by atoms with Gasteiger partial charge in [-0.05, 0) is 24.6 Å². The number of thiazole rings is 1. The molecule has 0 bridgehead atoms. The fourth-order valence-corrected chi connectivity index (χ4v) is 3.72. The second kappa shape index (κ2) is 8.33. The van der Waals surface area contributed by atoms with Crippen molar-refractivity contribution in [1.29, 1.82) is 0 Å². The lowest BCUT2D eigenvalue weighted by atomic mass is 10.1. The van der Waals surface area contributed by atoms with Crippen LogP contribution in [0.3, 0.4) is 0 Å². The number of aromatic nitrogens is 1. The molecule has 2 aromatic carbocycles. The Morgan fingerprint density at radius 3 is 2.44 bits per heavy atom. The Bertz CT molecular complexity index is 955. The minimum atomic E-state index is -0.791. The normalized spacial score (nSPS) is 11.8. The van der Waals surface area contributed by atoms with E-state index in [0.717, 1.165) is 11.1 Å². The fourth-order valence-electron chi connectivity index (χ4n) is 2.62. The molecular formula is C20H18ClN3O2S. The van der Waals surface area contributed by atoms with Crippen molar-refractivity contribution in [3.63, 3.8) is 0 Å². The molecule has 138 valence electrons. The van der Waals surface area contributed by atoms with Gasteiger partial charge in [0.2, 0.25) is 5.91 Å². The van der Waals surface area contributed by atoms with Gasteiger partial charge in [-0.15, -0.1) is 11.3 Å². The third kappa shape index (κ3) is 4.72. The summed E-state index contributed by atoms with van der Waals surface area (Å²) in [5.74, 6) is -0.933. The smallest absolute Gasteiger partial charge is 0.263 e. The molecular weight excluding hydrogens is 382 g/mol. The van der Waals surface area contributed by atoms with Crippen molar-refractivity contribution in [1.82, 2.24) is 10.3 Å². The molecule has 0 aliphatic heterocycles. The largest absolute Gasteiger partial charge is 0.368 e. The molecule has 1 heterocycles. The van der Waals surface area contributed by atoms with Gasteiger partial charge >= 0.3 is 0 Å². The summed E-state index contributed by atoms with van der Waals surface area (Å²) in [6.07, 6.45) is 0.337. The Morgan fingerprint density at radius 1 is 1.15 bits per heavy atom. The first-order chi connectivity index (χ1) is 12.9. The molecule has 1 aromatic heterocycles. The first-order valence-corrected chi connectivity index (χ1v) is 9.51. The minimum absolute atomic E-state index is 0.337. The highest BCUT2D eigenvalue weighted by atomic mass is 35.5. The summed E-state index contributed by atoms with van der Waals surface area (Å²) in [6.45, 7) is 1.77. The van der Waals surface area contributed by atoms with Gasteiger partial charge in [0.1, 0.15) is 15.9 Å². The first kappa shape index (κ1) is 19.1. The molecule has 0 aliphatic rings. The zero-order chi connectivity index (χ0) is 19.4. The highest BCUT2D eigenvalue weighted by Gasteiger charge is 2.23. The van der Waals surface area contributed by atoms with Gasteiger partial charge in [0, 0.05) is 17.0 Å². The lowest BCUT2D eigenvalue weighted by molar-refractivity contribution is -0.119. The van der Waals surface area contributed by atoms with Gasteiger partial charge in [0.05, 0.1) is 5.69 Å². The van der Waals surface area contributed by atoms with E-state index in [1.54, 1.807) is 19.1 Å². The van der Waals surface area contributed by atoms with Gasteiger partial charge in [-0.3, -0.25) is 9.59 Å². The fraction of sp³-hybridized carbons (Fsp3) is 0.150. The summed E-state index contributed by atoms with van der Waals surface area (Å²) >= 11 is 7.18. The minimum Gasteiger partial charge on any atom is -0.368 e. The molecule has 0 fully saturated rings. The van der Waals surface area contributed by atoms with Crippen LogP contribution in [0.15, 0.2) is 54.6 Å². The molecule has 0 saturated carbocycles. The van der Waals surface area contributed by atoms with Crippen molar-refractivity contribution in [2.75, 3.05) is 0 Å². The molecule has 1 unspecified atom stereocenters. The van der Waals surface area contributed by atoms with Crippen LogP contribution in [0.5, 0.6) is 0 Å². The number of benzene rings is 2. The van der Waals surface area contributed by atoms with Crippen LogP contribution < -0.4 is 11.1 Å². The van der Waals surface area contributed by atoms with Gasteiger partial charge in [-0.25, -0.2) is 4.98 Å². The molecule has 3 aromatic rings. The van der Waals surface area contributed by atoms with Crippen LogP contribution in [0.25, 0.3) is 10.6 Å². The van der Waals surface area contributed by atoms with Crippen molar-refractivity contribution < 1.29 is 9.59 Å². The van der Waals surface area contributed by atoms with Gasteiger partial charge in [-0.1, -0.05) is 54.1 Å². The van der Waals surface area contributed by atoms with Crippen LogP contribution in [0.2, 0.25) is 5.02 Å². The number of hydrogen-bond acceptors (Lipinski definition) is 4. The molecule has 5 nitrogen and oxygen atoms in total. The van der Waals surface area contributed by atoms with E-state index in [1.807, 2.05) is 42.5 Å². The van der Waals surface area contributed by atoms with E-state index >= 15 is 0 Å². The summed E-state index contributed by atoms with van der Waals surface area (Å²) in [5, 5.41) is 4.08. The number of carbonyl (C=O) groups is 2. The lowest BCUT2D eigenvalue weighted by Crippen LogP contribution is -2.45. The highest BCUT2D eigenvalue weighted by Crippen LogP contribution is 2.28. The number of nitrogens with zero attached hydrogens (tertiary/aromatic N) is 1. The van der Waals surface area contributed by atoms with Gasteiger partial charge < -0.3 is 11.1 Å². The molecule has 2 amide bonds. The molecule has 1 atom stereocenters. The number of nitrogens with one attached hydrogen (secondary N) is 1. The van der Waals surface area contributed by atoms with Crippen molar-refractivity contribution in [3.05, 3.63) is 75.8 Å². The number of hydrogen-bond donors (Lipinski definition) is 2. The maximum atomic E-state index is 12.7. The second-order valence-corrected chi connectivity index (χ2v) is 7.49. The summed E-state index contributed by atoms with van der Waals surface area (Å²) in [5.41, 5.74) is 7.88. The molecule has 27 heavy (non-hydrogen) atoms. The first-order valence-electron chi connectivity index (χ1n) is 8.31. The van der Waals surface area contributed by atoms with E-state index in [0.29, 0.717) is 27.0 Å². The van der Waals surface area contributed by atoms with Crippen LogP contribution >= 0.6 is 22.9 Å². The Balaban J connectivity index is 1.78. The van der Waals surface area contributed by atoms with Crippen LogP contribution in [-0.2, 0) is 11.2 Å². The molecule has 0 saturated heterocycles. The van der Waals surface area contributed by atoms with Gasteiger partial charge in [0.25, 0.3) is 5.91 Å². The Labute approximate surface area is 166 Å². The SMILES string of the molecule is Cc1nc(-c2ccc(Cl)cc2)sc1C(=O)NC(Cc1ccccc1)C(N)=O. The average molecular weight is 400 g/mol. The van der Waals surface area contributed by atoms with Crippen molar-refractivity contribution in [3.8, 4) is 10.6 Å². The Kier molecular flexibility index (Phi) is 5.88. The maximum absolute atomic E-state index is 12.7. The standard InChI is InChI=1S/C20H18ClN3O2S/c1-12-17(27-20(23-12)14-7-9-15(21)10-8-14)19(26)24-16(18(22)25)11-13-5-3-2-4-6-13/h2-10,16H,11H2,1H3,(H2,22,25)(H,24,26). The van der Waals surface area contributed by atoms with Crippen molar-refractivity contribution >= 4 is 34.8 Å². The average Bonchev–Trinajstić information content (AvgIpc) is 3.04. The van der Waals surface area contributed by atoms with E-state index in [9.17, 15) is 9.59 Å². The number of aryl methyl sites for hydroxylation is 1. The quantitative estimate of drug-likeness (QED) is 0.664. The summed E-state index contributed by atoms with van der Waals surface area (Å²) in [7, 11) is 0.